The van der Waals surface area contributed by atoms with Crippen molar-refractivity contribution in [1.82, 2.24) is 10.2 Å². The van der Waals surface area contributed by atoms with Crippen LogP contribution in [-0.4, -0.2) is 36.3 Å². The molecule has 1 aromatic carbocycles. The molecule has 0 aliphatic carbocycles. The molecular formula is C16H22N2O2. The van der Waals surface area contributed by atoms with E-state index in [1.807, 2.05) is 35.2 Å². The fraction of sp³-hybridized carbons (Fsp3) is 0.500. The summed E-state index contributed by atoms with van der Waals surface area (Å²) in [5.41, 5.74) is 1.04. The molecule has 1 heterocycles. The van der Waals surface area contributed by atoms with Gasteiger partial charge in [-0.3, -0.25) is 9.59 Å². The number of nitrogens with one attached hydrogen (secondary N) is 1. The van der Waals surface area contributed by atoms with Gasteiger partial charge in [-0.2, -0.15) is 0 Å². The van der Waals surface area contributed by atoms with Crippen molar-refractivity contribution in [3.05, 3.63) is 35.9 Å². The van der Waals surface area contributed by atoms with Gasteiger partial charge in [-0.25, -0.2) is 0 Å². The molecule has 1 aliphatic rings. The van der Waals surface area contributed by atoms with E-state index in [0.29, 0.717) is 12.3 Å². The molecule has 20 heavy (non-hydrogen) atoms. The third-order valence-corrected chi connectivity index (χ3v) is 3.86. The fourth-order valence-electron chi connectivity index (χ4n) is 2.55. The molecule has 0 bridgehead atoms. The van der Waals surface area contributed by atoms with Gasteiger partial charge in [-0.15, -0.1) is 0 Å². The van der Waals surface area contributed by atoms with E-state index < -0.39 is 0 Å². The first-order valence-corrected chi connectivity index (χ1v) is 7.21. The maximum atomic E-state index is 11.9. The minimum absolute atomic E-state index is 0.0743. The van der Waals surface area contributed by atoms with Crippen molar-refractivity contribution >= 4 is 11.8 Å². The largest absolute Gasteiger partial charge is 0.356 e. The van der Waals surface area contributed by atoms with Crippen LogP contribution in [0.1, 0.15) is 25.3 Å². The molecule has 4 heteroatoms. The number of likely N-dealkylation sites (tertiary alicyclic amines) is 1. The Labute approximate surface area is 120 Å². The van der Waals surface area contributed by atoms with Crippen LogP contribution in [-0.2, 0) is 16.0 Å². The summed E-state index contributed by atoms with van der Waals surface area (Å²) in [5.74, 6) is 0.715. The second-order valence-corrected chi connectivity index (χ2v) is 5.42. The molecule has 108 valence electrons. The second-order valence-electron chi connectivity index (χ2n) is 5.42. The molecule has 4 nitrogen and oxygen atoms in total. The molecule has 2 rings (SSSR count). The van der Waals surface area contributed by atoms with Crippen molar-refractivity contribution in [2.45, 2.75) is 26.2 Å². The number of rotatable bonds is 4. The van der Waals surface area contributed by atoms with Crippen LogP contribution in [0.4, 0.5) is 0 Å². The molecule has 0 aromatic heterocycles. The summed E-state index contributed by atoms with van der Waals surface area (Å²) in [7, 11) is 0. The van der Waals surface area contributed by atoms with Crippen molar-refractivity contribution in [3.63, 3.8) is 0 Å². The first-order chi connectivity index (χ1) is 9.65. The number of hydrogen-bond acceptors (Lipinski definition) is 2. The van der Waals surface area contributed by atoms with Crippen molar-refractivity contribution in [2.75, 3.05) is 19.6 Å². The highest BCUT2D eigenvalue weighted by Gasteiger charge is 2.20. The van der Waals surface area contributed by atoms with Gasteiger partial charge >= 0.3 is 0 Å². The van der Waals surface area contributed by atoms with E-state index in [1.165, 1.54) is 0 Å². The number of hydrogen-bond donors (Lipinski definition) is 1. The van der Waals surface area contributed by atoms with Crippen molar-refractivity contribution < 1.29 is 9.59 Å². The van der Waals surface area contributed by atoms with Crippen molar-refractivity contribution in [2.24, 2.45) is 5.92 Å². The normalized spacial score (nSPS) is 15.9. The quantitative estimate of drug-likeness (QED) is 0.906. The number of benzene rings is 1. The molecule has 1 saturated heterocycles. The predicted octanol–water partition coefficient (Wildman–Crippen LogP) is 1.60. The molecule has 1 aromatic rings. The maximum Gasteiger partial charge on any atom is 0.224 e. The zero-order valence-corrected chi connectivity index (χ0v) is 12.0. The Kier molecular flexibility index (Phi) is 5.16. The molecule has 0 atom stereocenters. The molecule has 0 unspecified atom stereocenters. The van der Waals surface area contributed by atoms with Crippen molar-refractivity contribution in [3.8, 4) is 0 Å². The number of piperidine rings is 1. The third kappa shape index (κ3) is 4.37. The topological polar surface area (TPSA) is 49.4 Å². The van der Waals surface area contributed by atoms with E-state index in [1.54, 1.807) is 6.92 Å². The van der Waals surface area contributed by atoms with E-state index in [2.05, 4.69) is 5.32 Å². The standard InChI is InChI=1S/C16H22N2O2/c1-13(19)18-9-7-15(8-10-18)12-17-16(20)11-14-5-3-2-4-6-14/h2-6,15H,7-12H2,1H3,(H,17,20). The van der Waals surface area contributed by atoms with E-state index in [0.717, 1.165) is 38.0 Å². The van der Waals surface area contributed by atoms with E-state index in [9.17, 15) is 9.59 Å². The first-order valence-electron chi connectivity index (χ1n) is 7.21. The molecule has 2 amide bonds. The summed E-state index contributed by atoms with van der Waals surface area (Å²) in [5, 5.41) is 3.00. The summed E-state index contributed by atoms with van der Waals surface area (Å²) in [4.78, 5) is 25.0. The number of carbonyl (C=O) groups excluding carboxylic acids is 2. The Balaban J connectivity index is 1.68. The number of amides is 2. The van der Waals surface area contributed by atoms with E-state index in [-0.39, 0.29) is 11.8 Å². The lowest BCUT2D eigenvalue weighted by Crippen LogP contribution is -2.40. The molecule has 1 aliphatic heterocycles. The lowest BCUT2D eigenvalue weighted by Gasteiger charge is -2.31. The Morgan fingerprint density at radius 2 is 1.85 bits per heavy atom. The maximum absolute atomic E-state index is 11.9. The highest BCUT2D eigenvalue weighted by atomic mass is 16.2. The van der Waals surface area contributed by atoms with Gasteiger partial charge in [0.2, 0.25) is 11.8 Å². The second kappa shape index (κ2) is 7.08. The first kappa shape index (κ1) is 14.6. The van der Waals surface area contributed by atoms with Gasteiger partial charge in [0.1, 0.15) is 0 Å². The SMILES string of the molecule is CC(=O)N1CCC(CNC(=O)Cc2ccccc2)CC1. The van der Waals surface area contributed by atoms with E-state index >= 15 is 0 Å². The Hall–Kier alpha value is -1.84. The van der Waals surface area contributed by atoms with Crippen LogP contribution < -0.4 is 5.32 Å². The van der Waals surface area contributed by atoms with Crippen molar-refractivity contribution in [1.29, 1.82) is 0 Å². The van der Waals surface area contributed by atoms with Gasteiger partial charge in [0.25, 0.3) is 0 Å². The highest BCUT2D eigenvalue weighted by Crippen LogP contribution is 2.16. The Morgan fingerprint density at radius 3 is 2.45 bits per heavy atom. The van der Waals surface area contributed by atoms with Gasteiger partial charge in [0, 0.05) is 26.6 Å². The zero-order valence-electron chi connectivity index (χ0n) is 12.0. The highest BCUT2D eigenvalue weighted by molar-refractivity contribution is 5.78. The third-order valence-electron chi connectivity index (χ3n) is 3.86. The van der Waals surface area contributed by atoms with Gasteiger partial charge in [0.15, 0.2) is 0 Å². The van der Waals surface area contributed by atoms with Crippen LogP contribution in [0.3, 0.4) is 0 Å². The monoisotopic (exact) mass is 274 g/mol. The Bertz CT molecular complexity index is 451. The van der Waals surface area contributed by atoms with Gasteiger partial charge in [0.05, 0.1) is 6.42 Å². The van der Waals surface area contributed by atoms with Crippen LogP contribution >= 0.6 is 0 Å². The summed E-state index contributed by atoms with van der Waals surface area (Å²) in [6.07, 6.45) is 2.39. The van der Waals surface area contributed by atoms with Crippen LogP contribution in [0.25, 0.3) is 0 Å². The predicted molar refractivity (Wildman–Crippen MR) is 78.1 cm³/mol. The summed E-state index contributed by atoms with van der Waals surface area (Å²) >= 11 is 0. The van der Waals surface area contributed by atoms with Crippen LogP contribution in [0.5, 0.6) is 0 Å². The zero-order chi connectivity index (χ0) is 14.4. The average molecular weight is 274 g/mol. The molecule has 0 saturated carbocycles. The number of carbonyl (C=O) groups is 2. The summed E-state index contributed by atoms with van der Waals surface area (Å²) in [6, 6.07) is 9.76. The Morgan fingerprint density at radius 1 is 1.20 bits per heavy atom. The molecule has 0 radical (unpaired) electrons. The number of nitrogens with zero attached hydrogens (tertiary/aromatic N) is 1. The molecular weight excluding hydrogens is 252 g/mol. The molecule has 0 spiro atoms. The summed E-state index contributed by atoms with van der Waals surface area (Å²) in [6.45, 7) is 3.96. The molecule has 1 fully saturated rings. The van der Waals surface area contributed by atoms with Gasteiger partial charge in [-0.1, -0.05) is 30.3 Å². The molecule has 1 N–H and O–H groups in total. The summed E-state index contributed by atoms with van der Waals surface area (Å²) < 4.78 is 0. The van der Waals surface area contributed by atoms with Crippen LogP contribution in [0, 0.1) is 5.92 Å². The van der Waals surface area contributed by atoms with Crippen LogP contribution in [0.2, 0.25) is 0 Å². The van der Waals surface area contributed by atoms with Crippen LogP contribution in [0.15, 0.2) is 30.3 Å². The minimum Gasteiger partial charge on any atom is -0.356 e. The smallest absolute Gasteiger partial charge is 0.224 e. The lowest BCUT2D eigenvalue weighted by atomic mass is 9.96. The van der Waals surface area contributed by atoms with Gasteiger partial charge < -0.3 is 10.2 Å². The minimum atomic E-state index is 0.0743. The van der Waals surface area contributed by atoms with Gasteiger partial charge in [-0.05, 0) is 24.3 Å². The fourth-order valence-corrected chi connectivity index (χ4v) is 2.55. The lowest BCUT2D eigenvalue weighted by molar-refractivity contribution is -0.130. The average Bonchev–Trinajstić information content (AvgIpc) is 2.46. The van der Waals surface area contributed by atoms with E-state index in [4.69, 9.17) is 0 Å².